The molecule has 1 saturated heterocycles. The normalized spacial score (nSPS) is 17.1. The number of aromatic nitrogens is 3. The second-order valence-corrected chi connectivity index (χ2v) is 11.6. The van der Waals surface area contributed by atoms with Crippen LogP contribution in [0.15, 0.2) is 60.4 Å². The fourth-order valence-corrected chi connectivity index (χ4v) is 6.70. The van der Waals surface area contributed by atoms with Gasteiger partial charge in [0.1, 0.15) is 5.15 Å². The van der Waals surface area contributed by atoms with Crippen LogP contribution in [-0.4, -0.2) is 51.9 Å². The largest absolute Gasteiger partial charge is 0.311 e. The van der Waals surface area contributed by atoms with Gasteiger partial charge in [0, 0.05) is 48.6 Å². The highest BCUT2D eigenvalue weighted by Gasteiger charge is 2.47. The number of nitrogens with zero attached hydrogens (tertiary/aromatic N) is 5. The van der Waals surface area contributed by atoms with E-state index in [-0.39, 0.29) is 11.3 Å². The van der Waals surface area contributed by atoms with E-state index >= 15 is 0 Å². The van der Waals surface area contributed by atoms with E-state index in [9.17, 15) is 4.79 Å². The van der Waals surface area contributed by atoms with Crippen molar-refractivity contribution in [1.82, 2.24) is 19.9 Å². The molecular weight excluding hydrogens is 514 g/mol. The third-order valence-electron chi connectivity index (χ3n) is 7.88. The number of thiazole rings is 1. The van der Waals surface area contributed by atoms with E-state index in [4.69, 9.17) is 16.6 Å². The number of carbonyl (C=O) groups is 1. The average molecular weight is 544 g/mol. The predicted molar refractivity (Wildman–Crippen MR) is 155 cm³/mol. The number of anilines is 1. The predicted octanol–water partition coefficient (Wildman–Crippen LogP) is 6.07. The highest BCUT2D eigenvalue weighted by Crippen LogP contribution is 2.50. The second kappa shape index (κ2) is 10.6. The Labute approximate surface area is 232 Å². The molecule has 1 spiro atoms. The Morgan fingerprint density at radius 3 is 2.79 bits per heavy atom. The number of piperidine rings is 1. The molecule has 0 aliphatic carbocycles. The summed E-state index contributed by atoms with van der Waals surface area (Å²) in [5.74, 6) is 0.154. The Kier molecular flexibility index (Phi) is 6.99. The number of fused-ring (bicyclic) bond motifs is 4. The molecule has 0 bridgehead atoms. The van der Waals surface area contributed by atoms with Gasteiger partial charge in [0.25, 0.3) is 0 Å². The van der Waals surface area contributed by atoms with Crippen LogP contribution < -0.4 is 4.90 Å². The van der Waals surface area contributed by atoms with Crippen LogP contribution in [0.5, 0.6) is 0 Å². The van der Waals surface area contributed by atoms with Gasteiger partial charge < -0.3 is 4.90 Å². The van der Waals surface area contributed by atoms with Gasteiger partial charge in [-0.3, -0.25) is 14.7 Å². The molecule has 1 aromatic carbocycles. The Balaban J connectivity index is 1.18. The van der Waals surface area contributed by atoms with Crippen molar-refractivity contribution in [2.24, 2.45) is 0 Å². The molecule has 3 aromatic heterocycles. The number of carbonyl (C=O) groups excluding carboxylic acids is 1. The van der Waals surface area contributed by atoms with Crippen LogP contribution in [0, 0.1) is 6.92 Å². The molecule has 1 amide bonds. The Hall–Kier alpha value is -3.13. The van der Waals surface area contributed by atoms with E-state index in [1.54, 1.807) is 17.5 Å². The maximum atomic E-state index is 13.6. The van der Waals surface area contributed by atoms with Gasteiger partial charge in [0.2, 0.25) is 5.91 Å². The zero-order valence-electron chi connectivity index (χ0n) is 21.4. The first kappa shape index (κ1) is 25.2. The summed E-state index contributed by atoms with van der Waals surface area (Å²) in [4.78, 5) is 31.4. The lowest BCUT2D eigenvalue weighted by molar-refractivity contribution is -0.118. The molecule has 0 radical (unpaired) electrons. The lowest BCUT2D eigenvalue weighted by Crippen LogP contribution is -2.46. The summed E-state index contributed by atoms with van der Waals surface area (Å²) in [6, 6.07) is 12.2. The summed E-state index contributed by atoms with van der Waals surface area (Å²) in [6.07, 6.45) is 11.0. The van der Waals surface area contributed by atoms with E-state index < -0.39 is 0 Å². The molecule has 6 rings (SSSR count). The summed E-state index contributed by atoms with van der Waals surface area (Å²) in [6.45, 7) is 5.66. The topological polar surface area (TPSA) is 62.2 Å². The van der Waals surface area contributed by atoms with E-state index in [0.29, 0.717) is 18.0 Å². The molecule has 0 N–H and O–H groups in total. The minimum absolute atomic E-state index is 0.0583. The first-order valence-electron chi connectivity index (χ1n) is 13.1. The van der Waals surface area contributed by atoms with Gasteiger partial charge in [-0.15, -0.1) is 11.3 Å². The molecule has 0 atom stereocenters. The monoisotopic (exact) mass is 543 g/mol. The zero-order valence-corrected chi connectivity index (χ0v) is 23.0. The van der Waals surface area contributed by atoms with Crippen molar-refractivity contribution >= 4 is 50.8 Å². The molecule has 0 saturated carbocycles. The van der Waals surface area contributed by atoms with Crippen molar-refractivity contribution in [2.75, 3.05) is 31.1 Å². The van der Waals surface area contributed by atoms with Gasteiger partial charge in [-0.25, -0.2) is 9.97 Å². The summed E-state index contributed by atoms with van der Waals surface area (Å²) in [5.41, 5.74) is 8.45. The molecule has 6 nitrogen and oxygen atoms in total. The second-order valence-electron chi connectivity index (χ2n) is 10.4. The quantitative estimate of drug-likeness (QED) is 0.276. The highest BCUT2D eigenvalue weighted by atomic mass is 35.5. The van der Waals surface area contributed by atoms with Gasteiger partial charge in [0.05, 0.1) is 21.4 Å². The number of likely N-dealkylation sites (tertiary alicyclic amines) is 1. The number of rotatable bonds is 6. The number of pyridine rings is 2. The van der Waals surface area contributed by atoms with Gasteiger partial charge >= 0.3 is 0 Å². The first-order valence-corrected chi connectivity index (χ1v) is 14.4. The standard InChI is InChI=1S/C30H30ClN5OS/c1-21-4-6-23(33-18-21)3-2-14-35-15-11-30(12-16-35)19-36(24-7-8-25-29(28(24)30)34-20-38-25)27(37)9-5-22-10-13-32-26(31)17-22/h2-4,6-8,10,13,17-18,20H,5,9,11-12,14-16,19H2,1H3/b3-2+. The van der Waals surface area contributed by atoms with E-state index in [1.807, 2.05) is 28.7 Å². The van der Waals surface area contributed by atoms with Gasteiger partial charge in [0.15, 0.2) is 0 Å². The van der Waals surface area contributed by atoms with Crippen LogP contribution in [-0.2, 0) is 16.6 Å². The maximum absolute atomic E-state index is 13.6. The molecule has 5 heterocycles. The number of hydrogen-bond acceptors (Lipinski definition) is 6. The molecule has 38 heavy (non-hydrogen) atoms. The minimum Gasteiger partial charge on any atom is -0.311 e. The molecule has 2 aliphatic rings. The van der Waals surface area contributed by atoms with Crippen molar-refractivity contribution < 1.29 is 4.79 Å². The van der Waals surface area contributed by atoms with Gasteiger partial charge in [-0.1, -0.05) is 23.7 Å². The van der Waals surface area contributed by atoms with Crippen LogP contribution in [0.25, 0.3) is 16.3 Å². The maximum Gasteiger partial charge on any atom is 0.227 e. The van der Waals surface area contributed by atoms with Crippen LogP contribution in [0.3, 0.4) is 0 Å². The van der Waals surface area contributed by atoms with Crippen molar-refractivity contribution in [3.8, 4) is 0 Å². The third-order valence-corrected chi connectivity index (χ3v) is 8.88. The summed E-state index contributed by atoms with van der Waals surface area (Å²) < 4.78 is 1.19. The first-order chi connectivity index (χ1) is 18.5. The van der Waals surface area contributed by atoms with Crippen molar-refractivity contribution in [2.45, 2.75) is 38.0 Å². The summed E-state index contributed by atoms with van der Waals surface area (Å²) in [5, 5.41) is 0.461. The Morgan fingerprint density at radius 1 is 1.13 bits per heavy atom. The number of aryl methyl sites for hydroxylation is 2. The highest BCUT2D eigenvalue weighted by molar-refractivity contribution is 7.16. The van der Waals surface area contributed by atoms with Gasteiger partial charge in [-0.05, 0) is 86.8 Å². The van der Waals surface area contributed by atoms with Crippen molar-refractivity contribution in [3.05, 3.63) is 87.9 Å². The van der Waals surface area contributed by atoms with Gasteiger partial charge in [-0.2, -0.15) is 0 Å². The third kappa shape index (κ3) is 4.98. The summed E-state index contributed by atoms with van der Waals surface area (Å²) in [7, 11) is 0. The lowest BCUT2D eigenvalue weighted by atomic mass is 9.74. The van der Waals surface area contributed by atoms with Crippen molar-refractivity contribution in [1.29, 1.82) is 0 Å². The fourth-order valence-electron chi connectivity index (χ4n) is 5.81. The number of halogens is 1. The zero-order chi connectivity index (χ0) is 26.1. The average Bonchev–Trinajstić information content (AvgIpc) is 3.53. The fraction of sp³-hybridized carbons (Fsp3) is 0.333. The van der Waals surface area contributed by atoms with E-state index in [1.165, 1.54) is 15.8 Å². The Bertz CT molecular complexity index is 1490. The molecule has 2 aliphatic heterocycles. The smallest absolute Gasteiger partial charge is 0.227 e. The van der Waals surface area contributed by atoms with Crippen LogP contribution in [0.4, 0.5) is 5.69 Å². The molecule has 0 unspecified atom stereocenters. The van der Waals surface area contributed by atoms with Crippen LogP contribution in [0.1, 0.15) is 41.6 Å². The Morgan fingerprint density at radius 2 is 2.00 bits per heavy atom. The molecule has 1 fully saturated rings. The number of hydrogen-bond donors (Lipinski definition) is 0. The SMILES string of the molecule is Cc1ccc(/C=C/CN2CCC3(CC2)CN(C(=O)CCc2ccnc(Cl)c2)c2ccc4scnc4c23)nc1. The minimum atomic E-state index is -0.0583. The molecule has 194 valence electrons. The molecule has 8 heteroatoms. The van der Waals surface area contributed by atoms with Crippen molar-refractivity contribution in [3.63, 3.8) is 0 Å². The molecule has 4 aromatic rings. The molecular formula is C30H30ClN5OS. The van der Waals surface area contributed by atoms with E-state index in [2.05, 4.69) is 58.2 Å². The lowest BCUT2D eigenvalue weighted by Gasteiger charge is -2.39. The van der Waals surface area contributed by atoms with E-state index in [0.717, 1.165) is 61.5 Å². The van der Waals surface area contributed by atoms with Crippen LogP contribution in [0.2, 0.25) is 5.15 Å². The number of benzene rings is 1. The number of amides is 1. The van der Waals surface area contributed by atoms with Crippen LogP contribution >= 0.6 is 22.9 Å². The summed E-state index contributed by atoms with van der Waals surface area (Å²) >= 11 is 7.72.